The summed E-state index contributed by atoms with van der Waals surface area (Å²) >= 11 is 0.564. The first kappa shape index (κ1) is 13.0. The number of benzene rings is 1. The largest absolute Gasteiger partial charge is 0.380 e. The van der Waals surface area contributed by atoms with E-state index in [4.69, 9.17) is 0 Å². The van der Waals surface area contributed by atoms with Gasteiger partial charge in [-0.2, -0.15) is 8.78 Å². The molecule has 96 valence electrons. The van der Waals surface area contributed by atoms with E-state index in [-0.39, 0.29) is 0 Å². The maximum Gasteiger partial charge on any atom is 0.288 e. The monoisotopic (exact) mass is 268 g/mol. The maximum absolute atomic E-state index is 12.4. The zero-order valence-electron chi connectivity index (χ0n) is 9.94. The van der Waals surface area contributed by atoms with Crippen molar-refractivity contribution < 1.29 is 8.78 Å². The molecule has 0 aliphatic rings. The van der Waals surface area contributed by atoms with Gasteiger partial charge in [0.2, 0.25) is 0 Å². The van der Waals surface area contributed by atoms with Crippen LogP contribution >= 0.6 is 11.8 Å². The van der Waals surface area contributed by atoms with Gasteiger partial charge in [0.1, 0.15) is 0 Å². The zero-order chi connectivity index (χ0) is 13.0. The third-order valence-electron chi connectivity index (χ3n) is 2.48. The summed E-state index contributed by atoms with van der Waals surface area (Å²) in [6.07, 6.45) is 3.95. The van der Waals surface area contributed by atoms with Crippen molar-refractivity contribution in [1.82, 2.24) is 4.57 Å². The molecule has 0 aliphatic heterocycles. The maximum atomic E-state index is 12.4. The van der Waals surface area contributed by atoms with E-state index in [1.54, 1.807) is 12.1 Å². The minimum atomic E-state index is -2.40. The third kappa shape index (κ3) is 3.50. The number of thioether (sulfide) groups is 1. The molecule has 0 amide bonds. The first-order valence-corrected chi connectivity index (χ1v) is 6.41. The van der Waals surface area contributed by atoms with Crippen molar-refractivity contribution in [2.24, 2.45) is 7.05 Å². The van der Waals surface area contributed by atoms with E-state index in [1.165, 1.54) is 0 Å². The lowest BCUT2D eigenvalue weighted by Gasteiger charge is -2.10. The Labute approximate surface area is 109 Å². The molecule has 18 heavy (non-hydrogen) atoms. The van der Waals surface area contributed by atoms with Gasteiger partial charge in [-0.25, -0.2) is 0 Å². The van der Waals surface area contributed by atoms with Crippen LogP contribution in [0.3, 0.4) is 0 Å². The van der Waals surface area contributed by atoms with Crippen LogP contribution in [0.5, 0.6) is 0 Å². The molecule has 5 heteroatoms. The molecule has 0 fully saturated rings. The lowest BCUT2D eigenvalue weighted by atomic mass is 10.3. The van der Waals surface area contributed by atoms with Crippen LogP contribution in [-0.4, -0.2) is 10.3 Å². The number of anilines is 1. The van der Waals surface area contributed by atoms with E-state index >= 15 is 0 Å². The van der Waals surface area contributed by atoms with Crippen LogP contribution in [0.4, 0.5) is 14.5 Å². The molecule has 2 nitrogen and oxygen atoms in total. The van der Waals surface area contributed by atoms with Gasteiger partial charge in [0.25, 0.3) is 5.76 Å². The van der Waals surface area contributed by atoms with Gasteiger partial charge in [0.05, 0.1) is 0 Å². The van der Waals surface area contributed by atoms with Crippen LogP contribution < -0.4 is 5.32 Å². The molecule has 1 heterocycles. The molecule has 0 radical (unpaired) electrons. The Morgan fingerprint density at radius 3 is 2.72 bits per heavy atom. The van der Waals surface area contributed by atoms with Crippen LogP contribution in [-0.2, 0) is 13.6 Å². The number of alkyl halides is 2. The first-order chi connectivity index (χ1) is 8.65. The fourth-order valence-electron chi connectivity index (χ4n) is 1.67. The number of rotatable bonds is 5. The molecule has 0 bridgehead atoms. The molecule has 2 aromatic rings. The van der Waals surface area contributed by atoms with Gasteiger partial charge in [-0.05, 0) is 23.8 Å². The summed E-state index contributed by atoms with van der Waals surface area (Å²) in [5, 5.41) is 3.18. The van der Waals surface area contributed by atoms with Crippen molar-refractivity contribution in [2.75, 3.05) is 5.32 Å². The molecule has 0 spiro atoms. The highest BCUT2D eigenvalue weighted by Crippen LogP contribution is 2.31. The highest BCUT2D eigenvalue weighted by molar-refractivity contribution is 7.99. The van der Waals surface area contributed by atoms with Gasteiger partial charge in [-0.15, -0.1) is 0 Å². The molecular weight excluding hydrogens is 254 g/mol. The smallest absolute Gasteiger partial charge is 0.288 e. The molecule has 2 rings (SSSR count). The van der Waals surface area contributed by atoms with Gasteiger partial charge < -0.3 is 9.88 Å². The highest BCUT2D eigenvalue weighted by Gasteiger charge is 2.09. The topological polar surface area (TPSA) is 17.0 Å². The summed E-state index contributed by atoms with van der Waals surface area (Å²) in [5.74, 6) is -2.40. The van der Waals surface area contributed by atoms with Crippen molar-refractivity contribution in [2.45, 2.75) is 17.2 Å². The molecule has 0 saturated heterocycles. The van der Waals surface area contributed by atoms with E-state index in [0.717, 1.165) is 11.3 Å². The Kier molecular flexibility index (Phi) is 4.25. The fraction of sp³-hybridized carbons (Fsp3) is 0.231. The second-order valence-corrected chi connectivity index (χ2v) is 4.95. The second-order valence-electron chi connectivity index (χ2n) is 3.91. The Morgan fingerprint density at radius 1 is 1.28 bits per heavy atom. The normalized spacial score (nSPS) is 10.9. The van der Waals surface area contributed by atoms with Crippen molar-refractivity contribution >= 4 is 17.4 Å². The van der Waals surface area contributed by atoms with Crippen LogP contribution in [0.1, 0.15) is 5.56 Å². The Balaban J connectivity index is 2.04. The van der Waals surface area contributed by atoms with Crippen LogP contribution in [0, 0.1) is 0 Å². The summed E-state index contributed by atoms with van der Waals surface area (Å²) in [7, 11) is 1.95. The van der Waals surface area contributed by atoms with Crippen LogP contribution in [0.2, 0.25) is 0 Å². The van der Waals surface area contributed by atoms with Crippen LogP contribution in [0.25, 0.3) is 0 Å². The number of para-hydroxylation sites is 1. The quantitative estimate of drug-likeness (QED) is 0.827. The van der Waals surface area contributed by atoms with Crippen molar-refractivity contribution in [3.05, 3.63) is 48.3 Å². The second kappa shape index (κ2) is 5.91. The average Bonchev–Trinajstić information content (AvgIpc) is 2.73. The summed E-state index contributed by atoms with van der Waals surface area (Å²) < 4.78 is 26.8. The molecule has 1 aromatic heterocycles. The number of aromatic nitrogens is 1. The zero-order valence-corrected chi connectivity index (χ0v) is 10.8. The van der Waals surface area contributed by atoms with E-state index < -0.39 is 5.76 Å². The minimum Gasteiger partial charge on any atom is -0.380 e. The average molecular weight is 268 g/mol. The van der Waals surface area contributed by atoms with Crippen molar-refractivity contribution in [1.29, 1.82) is 0 Å². The molecule has 1 aromatic carbocycles. The predicted octanol–water partition coefficient (Wildman–Crippen LogP) is 3.95. The van der Waals surface area contributed by atoms with E-state index in [1.807, 2.05) is 42.2 Å². The summed E-state index contributed by atoms with van der Waals surface area (Å²) in [6, 6.07) is 9.11. The number of halogens is 2. The Hall–Kier alpha value is -1.49. The number of hydrogen-bond acceptors (Lipinski definition) is 2. The predicted molar refractivity (Wildman–Crippen MR) is 71.0 cm³/mol. The first-order valence-electron chi connectivity index (χ1n) is 5.54. The number of hydrogen-bond donors (Lipinski definition) is 1. The SMILES string of the molecule is Cn1ccc(CNc2ccccc2SC(F)F)c1. The van der Waals surface area contributed by atoms with Crippen LogP contribution in [0.15, 0.2) is 47.6 Å². The Bertz CT molecular complexity index is 511. The summed E-state index contributed by atoms with van der Waals surface area (Å²) in [5.41, 5.74) is 1.86. The summed E-state index contributed by atoms with van der Waals surface area (Å²) in [6.45, 7) is 0.627. The number of nitrogens with one attached hydrogen (secondary N) is 1. The van der Waals surface area contributed by atoms with Gasteiger partial charge in [-0.1, -0.05) is 23.9 Å². The van der Waals surface area contributed by atoms with Crippen molar-refractivity contribution in [3.8, 4) is 0 Å². The fourth-order valence-corrected chi connectivity index (χ4v) is 2.29. The lowest BCUT2D eigenvalue weighted by Crippen LogP contribution is -2.00. The molecule has 1 N–H and O–H groups in total. The molecular formula is C13H14F2N2S. The standard InChI is InChI=1S/C13H14F2N2S/c1-17-7-6-10(9-17)8-16-11-4-2-3-5-12(11)18-13(14)15/h2-7,9,13,16H,8H2,1H3. The third-order valence-corrected chi connectivity index (χ3v) is 3.27. The van der Waals surface area contributed by atoms with Crippen molar-refractivity contribution in [3.63, 3.8) is 0 Å². The van der Waals surface area contributed by atoms with Gasteiger partial charge in [0, 0.05) is 36.6 Å². The Morgan fingerprint density at radius 2 is 2.06 bits per heavy atom. The molecule has 0 saturated carbocycles. The molecule has 0 unspecified atom stereocenters. The van der Waals surface area contributed by atoms with E-state index in [2.05, 4.69) is 5.32 Å². The summed E-state index contributed by atoms with van der Waals surface area (Å²) in [4.78, 5) is 0.573. The molecule has 0 atom stereocenters. The molecule has 0 aliphatic carbocycles. The van der Waals surface area contributed by atoms with Gasteiger partial charge in [-0.3, -0.25) is 0 Å². The van der Waals surface area contributed by atoms with E-state index in [9.17, 15) is 8.78 Å². The highest BCUT2D eigenvalue weighted by atomic mass is 32.2. The minimum absolute atomic E-state index is 0.564. The van der Waals surface area contributed by atoms with Gasteiger partial charge >= 0.3 is 0 Å². The van der Waals surface area contributed by atoms with E-state index in [0.29, 0.717) is 23.2 Å². The lowest BCUT2D eigenvalue weighted by molar-refractivity contribution is 0.252. The number of aryl methyl sites for hydroxylation is 1. The van der Waals surface area contributed by atoms with Gasteiger partial charge in [0.15, 0.2) is 0 Å². The number of nitrogens with zero attached hydrogens (tertiary/aromatic N) is 1.